The van der Waals surface area contributed by atoms with E-state index in [9.17, 15) is 4.79 Å². The number of aliphatic carboxylic acids is 1. The van der Waals surface area contributed by atoms with Crippen molar-refractivity contribution in [2.45, 2.75) is 32.6 Å². The zero-order valence-electron chi connectivity index (χ0n) is 10.2. The van der Waals surface area contributed by atoms with Gasteiger partial charge < -0.3 is 9.84 Å². The standard InChI is InChI=1S/C13H16BrClO3/c1-2-3-6-18-13-9(4-5-12(16)17)7-10(15)8-11(13)14/h7-8H,2-6H2,1H3,(H,16,17). The van der Waals surface area contributed by atoms with E-state index in [0.29, 0.717) is 23.8 Å². The molecule has 0 amide bonds. The fraction of sp³-hybridized carbons (Fsp3) is 0.462. The lowest BCUT2D eigenvalue weighted by atomic mass is 10.1. The van der Waals surface area contributed by atoms with Crippen LogP contribution in [-0.4, -0.2) is 17.7 Å². The first-order valence-corrected chi connectivity index (χ1v) is 7.04. The summed E-state index contributed by atoms with van der Waals surface area (Å²) in [7, 11) is 0. The monoisotopic (exact) mass is 334 g/mol. The quantitative estimate of drug-likeness (QED) is 0.756. The fourth-order valence-corrected chi connectivity index (χ4v) is 2.51. The summed E-state index contributed by atoms with van der Waals surface area (Å²) in [6.07, 6.45) is 2.50. The van der Waals surface area contributed by atoms with E-state index < -0.39 is 5.97 Å². The van der Waals surface area contributed by atoms with Crippen molar-refractivity contribution >= 4 is 33.5 Å². The molecule has 1 rings (SSSR count). The second kappa shape index (κ2) is 7.64. The molecule has 0 aliphatic carbocycles. The molecule has 0 aromatic heterocycles. The zero-order chi connectivity index (χ0) is 13.5. The van der Waals surface area contributed by atoms with Gasteiger partial charge in [0.15, 0.2) is 0 Å². The molecule has 0 radical (unpaired) electrons. The second-order valence-corrected chi connectivity index (χ2v) is 5.26. The summed E-state index contributed by atoms with van der Waals surface area (Å²) in [4.78, 5) is 10.6. The van der Waals surface area contributed by atoms with Crippen LogP contribution >= 0.6 is 27.5 Å². The van der Waals surface area contributed by atoms with Gasteiger partial charge in [-0.25, -0.2) is 0 Å². The van der Waals surface area contributed by atoms with E-state index in [0.717, 1.165) is 22.9 Å². The molecule has 0 atom stereocenters. The summed E-state index contributed by atoms with van der Waals surface area (Å²) in [5.74, 6) is -0.125. The molecule has 1 aromatic rings. The summed E-state index contributed by atoms with van der Waals surface area (Å²) >= 11 is 9.37. The maximum absolute atomic E-state index is 10.6. The molecule has 0 unspecified atom stereocenters. The van der Waals surface area contributed by atoms with Gasteiger partial charge in [-0.05, 0) is 46.5 Å². The molecule has 0 heterocycles. The fourth-order valence-electron chi connectivity index (χ4n) is 1.52. The molecule has 18 heavy (non-hydrogen) atoms. The Labute approximate surface area is 120 Å². The lowest BCUT2D eigenvalue weighted by Crippen LogP contribution is -2.03. The van der Waals surface area contributed by atoms with E-state index in [1.54, 1.807) is 12.1 Å². The first-order chi connectivity index (χ1) is 8.54. The maximum atomic E-state index is 10.6. The van der Waals surface area contributed by atoms with Crippen molar-refractivity contribution in [1.82, 2.24) is 0 Å². The smallest absolute Gasteiger partial charge is 0.303 e. The van der Waals surface area contributed by atoms with Crippen LogP contribution in [0.5, 0.6) is 5.75 Å². The van der Waals surface area contributed by atoms with E-state index in [1.165, 1.54) is 0 Å². The highest BCUT2D eigenvalue weighted by molar-refractivity contribution is 9.10. The Kier molecular flexibility index (Phi) is 6.50. The predicted octanol–water partition coefficient (Wildman–Crippen LogP) is 4.30. The first-order valence-electron chi connectivity index (χ1n) is 5.87. The normalized spacial score (nSPS) is 10.4. The summed E-state index contributed by atoms with van der Waals surface area (Å²) in [5, 5.41) is 9.31. The van der Waals surface area contributed by atoms with Crippen LogP contribution < -0.4 is 4.74 Å². The molecule has 0 bridgehead atoms. The number of hydrogen-bond acceptors (Lipinski definition) is 2. The Bertz CT molecular complexity index is 421. The van der Waals surface area contributed by atoms with Gasteiger partial charge in [-0.15, -0.1) is 0 Å². The average molecular weight is 336 g/mol. The lowest BCUT2D eigenvalue weighted by molar-refractivity contribution is -0.136. The number of rotatable bonds is 7. The molecule has 3 nitrogen and oxygen atoms in total. The van der Waals surface area contributed by atoms with Crippen molar-refractivity contribution in [3.05, 3.63) is 27.2 Å². The van der Waals surface area contributed by atoms with Crippen molar-refractivity contribution in [3.63, 3.8) is 0 Å². The number of carboxylic acid groups (broad SMARTS) is 1. The van der Waals surface area contributed by atoms with Gasteiger partial charge in [0.25, 0.3) is 0 Å². The van der Waals surface area contributed by atoms with E-state index in [4.69, 9.17) is 21.4 Å². The highest BCUT2D eigenvalue weighted by atomic mass is 79.9. The molecule has 100 valence electrons. The Balaban J connectivity index is 2.86. The molecular formula is C13H16BrClO3. The van der Waals surface area contributed by atoms with Crippen molar-refractivity contribution < 1.29 is 14.6 Å². The van der Waals surface area contributed by atoms with Crippen molar-refractivity contribution in [3.8, 4) is 5.75 Å². The van der Waals surface area contributed by atoms with Crippen LogP contribution in [0.25, 0.3) is 0 Å². The Morgan fingerprint density at radius 3 is 2.83 bits per heavy atom. The minimum Gasteiger partial charge on any atom is -0.492 e. The van der Waals surface area contributed by atoms with Gasteiger partial charge in [0.05, 0.1) is 11.1 Å². The number of carboxylic acids is 1. The number of unbranched alkanes of at least 4 members (excludes halogenated alkanes) is 1. The van der Waals surface area contributed by atoms with E-state index in [-0.39, 0.29) is 6.42 Å². The minimum absolute atomic E-state index is 0.0664. The second-order valence-electron chi connectivity index (χ2n) is 3.97. The third-order valence-electron chi connectivity index (χ3n) is 2.44. The highest BCUT2D eigenvalue weighted by Crippen LogP contribution is 2.33. The lowest BCUT2D eigenvalue weighted by Gasteiger charge is -2.13. The van der Waals surface area contributed by atoms with Crippen LogP contribution in [0.1, 0.15) is 31.7 Å². The van der Waals surface area contributed by atoms with Crippen molar-refractivity contribution in [2.24, 2.45) is 0 Å². The molecule has 0 fully saturated rings. The topological polar surface area (TPSA) is 46.5 Å². The number of halogens is 2. The number of hydrogen-bond donors (Lipinski definition) is 1. The van der Waals surface area contributed by atoms with E-state index in [2.05, 4.69) is 22.9 Å². The van der Waals surface area contributed by atoms with Crippen molar-refractivity contribution in [1.29, 1.82) is 0 Å². The zero-order valence-corrected chi connectivity index (χ0v) is 12.6. The largest absolute Gasteiger partial charge is 0.492 e. The van der Waals surface area contributed by atoms with Crippen LogP contribution in [-0.2, 0) is 11.2 Å². The first kappa shape index (κ1) is 15.3. The van der Waals surface area contributed by atoms with E-state index >= 15 is 0 Å². The maximum Gasteiger partial charge on any atom is 0.303 e. The molecule has 1 N–H and O–H groups in total. The highest BCUT2D eigenvalue weighted by Gasteiger charge is 2.11. The van der Waals surface area contributed by atoms with E-state index in [1.807, 2.05) is 0 Å². The summed E-state index contributed by atoms with van der Waals surface area (Å²) in [5.41, 5.74) is 0.827. The summed E-state index contributed by atoms with van der Waals surface area (Å²) < 4.78 is 6.47. The molecule has 1 aromatic carbocycles. The summed E-state index contributed by atoms with van der Waals surface area (Å²) in [6, 6.07) is 3.52. The third kappa shape index (κ3) is 4.86. The van der Waals surface area contributed by atoms with Crippen LogP contribution in [0.4, 0.5) is 0 Å². The van der Waals surface area contributed by atoms with Gasteiger partial charge in [0, 0.05) is 11.4 Å². The van der Waals surface area contributed by atoms with Gasteiger partial charge in [-0.3, -0.25) is 4.79 Å². The molecule has 0 aliphatic heterocycles. The molecule has 0 saturated carbocycles. The van der Waals surface area contributed by atoms with Gasteiger partial charge in [0.2, 0.25) is 0 Å². The van der Waals surface area contributed by atoms with Crippen LogP contribution in [0.2, 0.25) is 5.02 Å². The Morgan fingerprint density at radius 1 is 1.50 bits per heavy atom. The molecule has 5 heteroatoms. The minimum atomic E-state index is -0.828. The molecule has 0 spiro atoms. The Hall–Kier alpha value is -0.740. The van der Waals surface area contributed by atoms with Gasteiger partial charge in [-0.1, -0.05) is 24.9 Å². The molecular weight excluding hydrogens is 319 g/mol. The Morgan fingerprint density at radius 2 is 2.22 bits per heavy atom. The van der Waals surface area contributed by atoms with Crippen LogP contribution in [0, 0.1) is 0 Å². The summed E-state index contributed by atoms with van der Waals surface area (Å²) in [6.45, 7) is 2.71. The van der Waals surface area contributed by atoms with Crippen LogP contribution in [0.15, 0.2) is 16.6 Å². The molecule has 0 aliphatic rings. The van der Waals surface area contributed by atoms with Gasteiger partial charge in [0.1, 0.15) is 5.75 Å². The van der Waals surface area contributed by atoms with Gasteiger partial charge >= 0.3 is 5.97 Å². The van der Waals surface area contributed by atoms with Crippen molar-refractivity contribution in [2.75, 3.05) is 6.61 Å². The molecule has 0 saturated heterocycles. The SMILES string of the molecule is CCCCOc1c(Br)cc(Cl)cc1CCC(=O)O. The number of carbonyl (C=O) groups is 1. The van der Waals surface area contributed by atoms with Crippen LogP contribution in [0.3, 0.4) is 0 Å². The number of ether oxygens (including phenoxy) is 1. The average Bonchev–Trinajstić information content (AvgIpc) is 2.29. The number of benzene rings is 1. The predicted molar refractivity (Wildman–Crippen MR) is 75.5 cm³/mol. The van der Waals surface area contributed by atoms with Gasteiger partial charge in [-0.2, -0.15) is 0 Å². The number of aryl methyl sites for hydroxylation is 1. The third-order valence-corrected chi connectivity index (χ3v) is 3.25.